The number of aliphatic hydroxyl groups is 2. The van der Waals surface area contributed by atoms with E-state index in [0.29, 0.717) is 6.54 Å². The minimum absolute atomic E-state index is 0.152. The Morgan fingerprint density at radius 1 is 0.882 bits per heavy atom. The molecule has 2 N–H and O–H groups in total. The second kappa shape index (κ2) is 13.9. The molecule has 2 atom stereocenters. The fourth-order valence-electron chi connectivity index (χ4n) is 4.04. The Bertz CT molecular complexity index is 850. The van der Waals surface area contributed by atoms with Crippen molar-refractivity contribution < 1.29 is 19.7 Å². The number of halogens is 1. The van der Waals surface area contributed by atoms with Crippen LogP contribution in [0.4, 0.5) is 0 Å². The van der Waals surface area contributed by atoms with Crippen molar-refractivity contribution in [1.29, 1.82) is 0 Å². The summed E-state index contributed by atoms with van der Waals surface area (Å²) in [6.45, 7) is 13.8. The van der Waals surface area contributed by atoms with Crippen LogP contribution in [0.5, 0.6) is 11.5 Å². The highest BCUT2D eigenvalue weighted by Gasteiger charge is 2.24. The number of ether oxygens (including phenoxy) is 2. The van der Waals surface area contributed by atoms with Crippen molar-refractivity contribution in [3.8, 4) is 11.5 Å². The van der Waals surface area contributed by atoms with Crippen molar-refractivity contribution in [3.05, 3.63) is 59.2 Å². The third kappa shape index (κ3) is 8.46. The lowest BCUT2D eigenvalue weighted by atomic mass is 9.77. The summed E-state index contributed by atoms with van der Waals surface area (Å²) < 4.78 is 11.6. The summed E-state index contributed by atoms with van der Waals surface area (Å²) in [4.78, 5) is 2.29. The number of hydrogen-bond acceptors (Lipinski definition) is 5. The summed E-state index contributed by atoms with van der Waals surface area (Å²) in [5.41, 5.74) is 3.15. The Morgan fingerprint density at radius 2 is 1.47 bits per heavy atom. The maximum atomic E-state index is 10.4. The average molecular weight is 492 g/mol. The molecule has 0 fully saturated rings. The maximum Gasteiger partial charge on any atom is 0.122 e. The molecule has 0 saturated carbocycles. The highest BCUT2D eigenvalue weighted by Crippen LogP contribution is 2.34. The van der Waals surface area contributed by atoms with Gasteiger partial charge in [-0.15, -0.1) is 11.6 Å². The van der Waals surface area contributed by atoms with Gasteiger partial charge in [0.1, 0.15) is 36.9 Å². The molecule has 0 spiro atoms. The SMILES string of the molecule is CCCN(CCC)C[C@H](O)COc1ccc(C(C)(C)c2ccc(OC[C@@H](O)CCl)c(C)c2)cc1. The molecule has 0 amide bonds. The van der Waals surface area contributed by atoms with Crippen LogP contribution in [0.25, 0.3) is 0 Å². The number of aliphatic hydroxyl groups excluding tert-OH is 2. The molecule has 6 heteroatoms. The molecule has 0 heterocycles. The van der Waals surface area contributed by atoms with E-state index in [1.165, 1.54) is 11.1 Å². The van der Waals surface area contributed by atoms with Crippen molar-refractivity contribution in [2.45, 2.75) is 65.1 Å². The van der Waals surface area contributed by atoms with E-state index in [1.807, 2.05) is 25.1 Å². The zero-order valence-electron chi connectivity index (χ0n) is 21.4. The first kappa shape index (κ1) is 28.4. The molecule has 5 nitrogen and oxygen atoms in total. The van der Waals surface area contributed by atoms with Crippen LogP contribution in [0.15, 0.2) is 42.5 Å². The maximum absolute atomic E-state index is 10.4. The quantitative estimate of drug-likeness (QED) is 0.337. The van der Waals surface area contributed by atoms with Crippen LogP contribution in [0.3, 0.4) is 0 Å². The first-order chi connectivity index (χ1) is 16.2. The van der Waals surface area contributed by atoms with Gasteiger partial charge in [-0.2, -0.15) is 0 Å². The van der Waals surface area contributed by atoms with Crippen LogP contribution in [-0.2, 0) is 5.41 Å². The molecule has 0 unspecified atom stereocenters. The Balaban J connectivity index is 1.99. The van der Waals surface area contributed by atoms with E-state index in [2.05, 4.69) is 56.9 Å². The van der Waals surface area contributed by atoms with E-state index in [0.717, 1.165) is 43.0 Å². The number of nitrogens with zero attached hydrogens (tertiary/aromatic N) is 1. The largest absolute Gasteiger partial charge is 0.491 e. The summed E-state index contributed by atoms with van der Waals surface area (Å²) in [7, 11) is 0. The van der Waals surface area contributed by atoms with Crippen LogP contribution in [0, 0.1) is 6.92 Å². The molecule has 2 aromatic rings. The van der Waals surface area contributed by atoms with Crippen LogP contribution in [0.1, 0.15) is 57.2 Å². The molecule has 2 rings (SSSR count). The third-order valence-electron chi connectivity index (χ3n) is 6.07. The Labute approximate surface area is 210 Å². The Hall–Kier alpha value is -1.79. The molecule has 0 aromatic heterocycles. The number of rotatable bonds is 15. The second-order valence-electron chi connectivity index (χ2n) is 9.51. The fourth-order valence-corrected chi connectivity index (χ4v) is 4.12. The molecule has 190 valence electrons. The Morgan fingerprint density at radius 3 is 2.03 bits per heavy atom. The van der Waals surface area contributed by atoms with Crippen molar-refractivity contribution >= 4 is 11.6 Å². The van der Waals surface area contributed by atoms with Crippen LogP contribution < -0.4 is 9.47 Å². The first-order valence-corrected chi connectivity index (χ1v) is 12.9. The molecule has 0 radical (unpaired) electrons. The van der Waals surface area contributed by atoms with Gasteiger partial charge in [-0.25, -0.2) is 0 Å². The highest BCUT2D eigenvalue weighted by molar-refractivity contribution is 6.18. The number of benzene rings is 2. The van der Waals surface area contributed by atoms with Gasteiger partial charge in [0.15, 0.2) is 0 Å². The summed E-state index contributed by atoms with van der Waals surface area (Å²) in [5, 5.41) is 20.0. The zero-order chi connectivity index (χ0) is 25.1. The topological polar surface area (TPSA) is 62.2 Å². The normalized spacial score (nSPS) is 13.7. The molecule has 0 saturated heterocycles. The summed E-state index contributed by atoms with van der Waals surface area (Å²) in [6, 6.07) is 14.2. The fraction of sp³-hybridized carbons (Fsp3) is 0.571. The minimum Gasteiger partial charge on any atom is -0.491 e. The lowest BCUT2D eigenvalue weighted by Crippen LogP contribution is -2.36. The molecule has 34 heavy (non-hydrogen) atoms. The van der Waals surface area contributed by atoms with Gasteiger partial charge in [0.05, 0.1) is 5.88 Å². The highest BCUT2D eigenvalue weighted by atomic mass is 35.5. The van der Waals surface area contributed by atoms with E-state index in [-0.39, 0.29) is 24.5 Å². The van der Waals surface area contributed by atoms with Gasteiger partial charge in [-0.05, 0) is 67.7 Å². The minimum atomic E-state index is -0.675. The molecular formula is C28H42ClNO4. The van der Waals surface area contributed by atoms with Gasteiger partial charge < -0.3 is 24.6 Å². The number of aryl methyl sites for hydroxylation is 1. The number of alkyl halides is 1. The molecule has 0 bridgehead atoms. The zero-order valence-corrected chi connectivity index (χ0v) is 22.1. The number of hydrogen-bond donors (Lipinski definition) is 2. The lowest BCUT2D eigenvalue weighted by Gasteiger charge is -2.27. The smallest absolute Gasteiger partial charge is 0.122 e. The van der Waals surface area contributed by atoms with E-state index < -0.39 is 12.2 Å². The molecule has 2 aromatic carbocycles. The van der Waals surface area contributed by atoms with E-state index in [9.17, 15) is 10.2 Å². The van der Waals surface area contributed by atoms with Crippen molar-refractivity contribution in [2.24, 2.45) is 0 Å². The molecule has 0 aliphatic rings. The Kier molecular flexibility index (Phi) is 11.7. The van der Waals surface area contributed by atoms with Crippen LogP contribution >= 0.6 is 11.6 Å². The van der Waals surface area contributed by atoms with E-state index in [4.69, 9.17) is 21.1 Å². The molecular weight excluding hydrogens is 450 g/mol. The van der Waals surface area contributed by atoms with Crippen molar-refractivity contribution in [2.75, 3.05) is 38.7 Å². The molecule has 0 aliphatic carbocycles. The first-order valence-electron chi connectivity index (χ1n) is 12.3. The van der Waals surface area contributed by atoms with Crippen LogP contribution in [-0.4, -0.2) is 66.0 Å². The van der Waals surface area contributed by atoms with E-state index >= 15 is 0 Å². The molecule has 0 aliphatic heterocycles. The summed E-state index contributed by atoms with van der Waals surface area (Å²) >= 11 is 5.65. The predicted molar refractivity (Wildman–Crippen MR) is 140 cm³/mol. The summed E-state index contributed by atoms with van der Waals surface area (Å²) in [5.74, 6) is 1.66. The second-order valence-corrected chi connectivity index (χ2v) is 9.82. The van der Waals surface area contributed by atoms with Gasteiger partial charge in [0, 0.05) is 12.0 Å². The van der Waals surface area contributed by atoms with E-state index in [1.54, 1.807) is 0 Å². The van der Waals surface area contributed by atoms with Crippen LogP contribution in [0.2, 0.25) is 0 Å². The van der Waals surface area contributed by atoms with Gasteiger partial charge >= 0.3 is 0 Å². The van der Waals surface area contributed by atoms with Gasteiger partial charge in [-0.3, -0.25) is 0 Å². The third-order valence-corrected chi connectivity index (χ3v) is 6.43. The van der Waals surface area contributed by atoms with Gasteiger partial charge in [0.2, 0.25) is 0 Å². The monoisotopic (exact) mass is 491 g/mol. The average Bonchev–Trinajstić information content (AvgIpc) is 2.82. The van der Waals surface area contributed by atoms with Gasteiger partial charge in [0.25, 0.3) is 0 Å². The lowest BCUT2D eigenvalue weighted by molar-refractivity contribution is 0.0681. The standard InChI is InChI=1S/C28H42ClNO4/c1-6-14-30(15-7-2)18-25(32)20-33-26-11-8-22(9-12-26)28(4,5)23-10-13-27(21(3)16-23)34-19-24(31)17-29/h8-13,16,24-25,31-32H,6-7,14-15,17-20H2,1-5H3/t24-,25-/m0/s1. The predicted octanol–water partition coefficient (Wildman–Crippen LogP) is 5.16. The summed E-state index contributed by atoms with van der Waals surface area (Å²) in [6.07, 6.45) is 0.975. The van der Waals surface area contributed by atoms with Crippen molar-refractivity contribution in [3.63, 3.8) is 0 Å². The van der Waals surface area contributed by atoms with Crippen molar-refractivity contribution in [1.82, 2.24) is 4.90 Å². The van der Waals surface area contributed by atoms with Gasteiger partial charge in [-0.1, -0.05) is 52.0 Å².